The smallest absolute Gasteiger partial charge is 0.266 e. The van der Waals surface area contributed by atoms with Crippen molar-refractivity contribution in [3.05, 3.63) is 40.4 Å². The van der Waals surface area contributed by atoms with Gasteiger partial charge in [0.15, 0.2) is 0 Å². The highest BCUT2D eigenvalue weighted by Gasteiger charge is 2.07. The third-order valence-corrected chi connectivity index (χ3v) is 4.26. The van der Waals surface area contributed by atoms with Gasteiger partial charge in [-0.05, 0) is 37.5 Å². The summed E-state index contributed by atoms with van der Waals surface area (Å²) in [6.45, 7) is 0. The fraction of sp³-hybridized carbons (Fsp3) is 0.308. The van der Waals surface area contributed by atoms with Crippen molar-refractivity contribution >= 4 is 57.2 Å². The van der Waals surface area contributed by atoms with Gasteiger partial charge in [-0.3, -0.25) is 0 Å². The number of thiocarbonyl (C=S) groups is 1. The Balaban J connectivity index is 2.29. The van der Waals surface area contributed by atoms with Gasteiger partial charge in [0.1, 0.15) is 4.32 Å². The van der Waals surface area contributed by atoms with Crippen LogP contribution in [0.2, 0.25) is 10.0 Å². The van der Waals surface area contributed by atoms with Crippen molar-refractivity contribution < 1.29 is 8.78 Å². The SMILES string of the molecule is FC(F)=CCCCCSC(=S)Nc1c(Cl)cccc1Cl. The van der Waals surface area contributed by atoms with Crippen LogP contribution in [0.1, 0.15) is 19.3 Å². The van der Waals surface area contributed by atoms with Crippen molar-refractivity contribution in [3.63, 3.8) is 0 Å². The van der Waals surface area contributed by atoms with Crippen LogP contribution in [0.3, 0.4) is 0 Å². The number of hydrogen-bond acceptors (Lipinski definition) is 2. The Labute approximate surface area is 136 Å². The van der Waals surface area contributed by atoms with Gasteiger partial charge in [0.05, 0.1) is 15.7 Å². The number of nitrogens with one attached hydrogen (secondary N) is 1. The number of hydrogen-bond donors (Lipinski definition) is 1. The zero-order valence-corrected chi connectivity index (χ0v) is 13.6. The Morgan fingerprint density at radius 1 is 1.25 bits per heavy atom. The van der Waals surface area contributed by atoms with Crippen LogP contribution in [0.25, 0.3) is 0 Å². The van der Waals surface area contributed by atoms with Gasteiger partial charge in [-0.25, -0.2) is 0 Å². The van der Waals surface area contributed by atoms with Crippen molar-refractivity contribution in [2.24, 2.45) is 0 Å². The minimum Gasteiger partial charge on any atom is -0.339 e. The van der Waals surface area contributed by atoms with Crippen LogP contribution in [-0.4, -0.2) is 10.1 Å². The van der Waals surface area contributed by atoms with E-state index in [-0.39, 0.29) is 0 Å². The van der Waals surface area contributed by atoms with E-state index in [4.69, 9.17) is 35.4 Å². The molecule has 20 heavy (non-hydrogen) atoms. The molecule has 0 radical (unpaired) electrons. The molecule has 0 amide bonds. The van der Waals surface area contributed by atoms with E-state index in [1.54, 1.807) is 18.2 Å². The van der Waals surface area contributed by atoms with Crippen LogP contribution in [0.4, 0.5) is 14.5 Å². The maximum atomic E-state index is 11.8. The van der Waals surface area contributed by atoms with E-state index in [0.717, 1.165) is 18.2 Å². The molecule has 0 fully saturated rings. The number of anilines is 1. The summed E-state index contributed by atoms with van der Waals surface area (Å²) in [4.78, 5) is 0. The second-order valence-electron chi connectivity index (χ2n) is 3.85. The maximum absolute atomic E-state index is 11.8. The lowest BCUT2D eigenvalue weighted by Gasteiger charge is -2.10. The number of thioether (sulfide) groups is 1. The molecular formula is C13H13Cl2F2NS2. The molecule has 1 aromatic rings. The zero-order valence-electron chi connectivity index (χ0n) is 10.5. The van der Waals surface area contributed by atoms with Crippen LogP contribution in [0.15, 0.2) is 30.4 Å². The Hall–Kier alpha value is -0.360. The van der Waals surface area contributed by atoms with E-state index in [1.807, 2.05) is 0 Å². The normalized spacial score (nSPS) is 10.2. The van der Waals surface area contributed by atoms with Gasteiger partial charge in [-0.1, -0.05) is 53.2 Å². The zero-order chi connectivity index (χ0) is 15.0. The second kappa shape index (κ2) is 9.55. The number of benzene rings is 1. The van der Waals surface area contributed by atoms with Crippen LogP contribution < -0.4 is 5.32 Å². The molecule has 0 aliphatic rings. The lowest BCUT2D eigenvalue weighted by Crippen LogP contribution is -2.06. The molecule has 0 aliphatic carbocycles. The van der Waals surface area contributed by atoms with E-state index in [1.165, 1.54) is 11.8 Å². The van der Waals surface area contributed by atoms with Crippen molar-refractivity contribution in [2.45, 2.75) is 19.3 Å². The molecule has 0 atom stereocenters. The lowest BCUT2D eigenvalue weighted by atomic mass is 10.2. The highest BCUT2D eigenvalue weighted by molar-refractivity contribution is 8.23. The predicted molar refractivity (Wildman–Crippen MR) is 89.3 cm³/mol. The molecule has 1 nitrogen and oxygen atoms in total. The Kier molecular flexibility index (Phi) is 8.45. The third-order valence-electron chi connectivity index (χ3n) is 2.32. The monoisotopic (exact) mass is 355 g/mol. The summed E-state index contributed by atoms with van der Waals surface area (Å²) in [7, 11) is 0. The average Bonchev–Trinajstić information content (AvgIpc) is 2.38. The van der Waals surface area contributed by atoms with Crippen molar-refractivity contribution in [3.8, 4) is 0 Å². The van der Waals surface area contributed by atoms with Gasteiger partial charge in [0.25, 0.3) is 6.08 Å². The van der Waals surface area contributed by atoms with Gasteiger partial charge < -0.3 is 5.32 Å². The molecule has 0 bridgehead atoms. The van der Waals surface area contributed by atoms with Crippen LogP contribution in [-0.2, 0) is 0 Å². The first-order valence-electron chi connectivity index (χ1n) is 5.89. The second-order valence-corrected chi connectivity index (χ2v) is 6.43. The Morgan fingerprint density at radius 2 is 1.90 bits per heavy atom. The minimum absolute atomic E-state index is 0.388. The third kappa shape index (κ3) is 6.88. The summed E-state index contributed by atoms with van der Waals surface area (Å²) in [6.07, 6.45) is 1.22. The number of rotatable bonds is 6. The summed E-state index contributed by atoms with van der Waals surface area (Å²) in [6, 6.07) is 5.20. The molecule has 0 spiro atoms. The predicted octanol–water partition coefficient (Wildman–Crippen LogP) is 6.37. The van der Waals surface area contributed by atoms with Crippen molar-refractivity contribution in [2.75, 3.05) is 11.1 Å². The summed E-state index contributed by atoms with van der Waals surface area (Å²) in [5.41, 5.74) is 0.593. The van der Waals surface area contributed by atoms with Crippen molar-refractivity contribution in [1.29, 1.82) is 0 Å². The standard InChI is InChI=1S/C13H13Cl2F2NS2/c14-9-5-4-6-10(15)12(9)18-13(19)20-8-3-1-2-7-11(16)17/h4-7H,1-3,8H2,(H,18,19). The lowest BCUT2D eigenvalue weighted by molar-refractivity contribution is 0.417. The molecule has 7 heteroatoms. The fourth-order valence-electron chi connectivity index (χ4n) is 1.38. The topological polar surface area (TPSA) is 12.0 Å². The van der Waals surface area contributed by atoms with Gasteiger partial charge in [0.2, 0.25) is 0 Å². The van der Waals surface area contributed by atoms with Gasteiger partial charge in [-0.2, -0.15) is 8.78 Å². The molecule has 0 saturated heterocycles. The molecule has 0 saturated carbocycles. The first kappa shape index (κ1) is 17.7. The molecule has 110 valence electrons. The molecule has 0 aliphatic heterocycles. The molecule has 0 unspecified atom stereocenters. The number of halogens is 4. The van der Waals surface area contributed by atoms with E-state index < -0.39 is 6.08 Å². The van der Waals surface area contributed by atoms with Crippen LogP contribution >= 0.6 is 47.2 Å². The molecule has 0 heterocycles. The van der Waals surface area contributed by atoms with E-state index in [2.05, 4.69) is 5.32 Å². The number of unbranched alkanes of at least 4 members (excludes halogenated alkanes) is 2. The maximum Gasteiger partial charge on any atom is 0.266 e. The van der Waals surface area contributed by atoms with Crippen molar-refractivity contribution in [1.82, 2.24) is 0 Å². The summed E-state index contributed by atoms with van der Waals surface area (Å²) in [5, 5.41) is 3.99. The van der Waals surface area contributed by atoms with E-state index in [0.29, 0.717) is 32.9 Å². The number of allylic oxidation sites excluding steroid dienone is 1. The van der Waals surface area contributed by atoms with Gasteiger partial charge in [0, 0.05) is 5.75 Å². The molecular weight excluding hydrogens is 343 g/mol. The summed E-state index contributed by atoms with van der Waals surface area (Å²) in [5.74, 6) is 0.760. The average molecular weight is 356 g/mol. The Bertz CT molecular complexity index is 471. The van der Waals surface area contributed by atoms with E-state index >= 15 is 0 Å². The largest absolute Gasteiger partial charge is 0.339 e. The molecule has 1 aromatic carbocycles. The first-order valence-corrected chi connectivity index (χ1v) is 8.04. The minimum atomic E-state index is -1.62. The molecule has 0 aromatic heterocycles. The van der Waals surface area contributed by atoms with Gasteiger partial charge in [-0.15, -0.1) is 0 Å². The van der Waals surface area contributed by atoms with Gasteiger partial charge >= 0.3 is 0 Å². The highest BCUT2D eigenvalue weighted by atomic mass is 35.5. The fourth-order valence-corrected chi connectivity index (χ4v) is 2.93. The quantitative estimate of drug-likeness (QED) is 0.470. The van der Waals surface area contributed by atoms with Crippen LogP contribution in [0, 0.1) is 0 Å². The van der Waals surface area contributed by atoms with E-state index in [9.17, 15) is 8.78 Å². The highest BCUT2D eigenvalue weighted by Crippen LogP contribution is 2.30. The first-order chi connectivity index (χ1) is 9.50. The Morgan fingerprint density at radius 3 is 2.50 bits per heavy atom. The molecule has 1 rings (SSSR count). The summed E-state index contributed by atoms with van der Waals surface area (Å²) >= 11 is 18.6. The van der Waals surface area contributed by atoms with Crippen LogP contribution in [0.5, 0.6) is 0 Å². The number of para-hydroxylation sites is 1. The molecule has 1 N–H and O–H groups in total. The summed E-state index contributed by atoms with van der Waals surface area (Å²) < 4.78 is 24.1.